The molecule has 0 fully saturated rings. The third kappa shape index (κ3) is 6.57. The number of nitriles is 1. The minimum atomic E-state index is -0.229. The molecule has 21 heavy (non-hydrogen) atoms. The maximum absolute atomic E-state index is 12.6. The normalized spacial score (nSPS) is 9.52. The van der Waals surface area contributed by atoms with Gasteiger partial charge in [-0.15, -0.1) is 0 Å². The van der Waals surface area contributed by atoms with Gasteiger partial charge in [-0.3, -0.25) is 0 Å². The fraction of sp³-hybridized carbons (Fsp3) is 0.133. The molecule has 0 atom stereocenters. The number of benzene rings is 2. The smallest absolute Gasteiger partial charge is 0.136 e. The molecule has 110 valence electrons. The van der Waals surface area contributed by atoms with Gasteiger partial charge in [0.05, 0.1) is 12.5 Å². The SMILES string of the molecule is Fc1ccc(CBr)cc1I.N#CCc1ccc(F)c(I)c1. The van der Waals surface area contributed by atoms with E-state index >= 15 is 0 Å². The monoisotopic (exact) mass is 575 g/mol. The zero-order chi connectivity index (χ0) is 15.8. The summed E-state index contributed by atoms with van der Waals surface area (Å²) in [5, 5.41) is 9.11. The lowest BCUT2D eigenvalue weighted by Gasteiger charge is -1.96. The number of nitrogens with zero attached hydrogens (tertiary/aromatic N) is 1. The van der Waals surface area contributed by atoms with Gasteiger partial charge >= 0.3 is 0 Å². The summed E-state index contributed by atoms with van der Waals surface area (Å²) in [6.07, 6.45) is 0.344. The average molecular weight is 576 g/mol. The summed E-state index contributed by atoms with van der Waals surface area (Å²) in [6.45, 7) is 0. The summed E-state index contributed by atoms with van der Waals surface area (Å²) >= 11 is 7.17. The van der Waals surface area contributed by atoms with Crippen LogP contribution in [0.5, 0.6) is 0 Å². The first-order valence-corrected chi connectivity index (χ1v) is 9.06. The number of halogens is 5. The van der Waals surface area contributed by atoms with Gasteiger partial charge in [-0.05, 0) is 80.6 Å². The van der Waals surface area contributed by atoms with Crippen LogP contribution in [-0.2, 0) is 11.8 Å². The molecule has 0 amide bonds. The first-order valence-electron chi connectivity index (χ1n) is 5.78. The molecule has 0 spiro atoms. The molecule has 2 aromatic carbocycles. The standard InChI is InChI=1S/C8H5FIN.C7H5BrFI/c9-7-2-1-6(3-4-11)5-8(7)10;8-4-5-1-2-6(9)7(10)3-5/h1-2,5H,3H2;1-3H,4H2. The van der Waals surface area contributed by atoms with E-state index in [1.807, 2.05) is 57.3 Å². The van der Waals surface area contributed by atoms with Gasteiger partial charge in [0.15, 0.2) is 0 Å². The largest absolute Gasteiger partial charge is 0.206 e. The Labute approximate surface area is 158 Å². The topological polar surface area (TPSA) is 23.8 Å². The van der Waals surface area contributed by atoms with E-state index in [9.17, 15) is 8.78 Å². The van der Waals surface area contributed by atoms with Gasteiger partial charge in [0.25, 0.3) is 0 Å². The average Bonchev–Trinajstić information content (AvgIpc) is 2.47. The molecular formula is C15H10BrF2I2N. The van der Waals surface area contributed by atoms with Crippen LogP contribution in [0.4, 0.5) is 8.78 Å². The highest BCUT2D eigenvalue weighted by atomic mass is 127. The van der Waals surface area contributed by atoms with Crippen LogP contribution in [0.3, 0.4) is 0 Å². The van der Waals surface area contributed by atoms with Crippen LogP contribution in [0.15, 0.2) is 36.4 Å². The molecule has 2 rings (SSSR count). The molecule has 0 saturated heterocycles. The highest BCUT2D eigenvalue weighted by Crippen LogP contribution is 2.14. The number of alkyl halides is 1. The number of rotatable bonds is 2. The van der Waals surface area contributed by atoms with E-state index < -0.39 is 0 Å². The molecule has 0 aliphatic rings. The van der Waals surface area contributed by atoms with Crippen LogP contribution in [0.25, 0.3) is 0 Å². The van der Waals surface area contributed by atoms with E-state index in [1.54, 1.807) is 18.2 Å². The van der Waals surface area contributed by atoms with Crippen molar-refractivity contribution in [3.8, 4) is 6.07 Å². The summed E-state index contributed by atoms with van der Waals surface area (Å²) < 4.78 is 26.5. The first kappa shape index (κ1) is 18.8. The second-order valence-electron chi connectivity index (χ2n) is 3.97. The van der Waals surface area contributed by atoms with Crippen molar-refractivity contribution in [1.82, 2.24) is 0 Å². The van der Waals surface area contributed by atoms with E-state index in [0.29, 0.717) is 13.6 Å². The Morgan fingerprint density at radius 2 is 1.43 bits per heavy atom. The summed E-state index contributed by atoms with van der Waals surface area (Å²) in [5.41, 5.74) is 1.96. The van der Waals surface area contributed by atoms with Crippen molar-refractivity contribution >= 4 is 61.1 Å². The molecule has 1 nitrogen and oxygen atoms in total. The zero-order valence-electron chi connectivity index (χ0n) is 10.7. The molecule has 0 radical (unpaired) electrons. The van der Waals surface area contributed by atoms with Crippen LogP contribution in [0, 0.1) is 30.1 Å². The van der Waals surface area contributed by atoms with Crippen molar-refractivity contribution in [2.24, 2.45) is 0 Å². The van der Waals surface area contributed by atoms with Crippen molar-refractivity contribution < 1.29 is 8.78 Å². The Morgan fingerprint density at radius 3 is 1.86 bits per heavy atom. The highest BCUT2D eigenvalue weighted by Gasteiger charge is 1.99. The summed E-state index contributed by atoms with van der Waals surface area (Å²) in [6, 6.07) is 11.8. The van der Waals surface area contributed by atoms with Gasteiger partial charge in [0.1, 0.15) is 11.6 Å². The third-order valence-electron chi connectivity index (χ3n) is 2.41. The molecule has 0 aliphatic heterocycles. The molecule has 0 N–H and O–H groups in total. The van der Waals surface area contributed by atoms with Crippen LogP contribution < -0.4 is 0 Å². The van der Waals surface area contributed by atoms with Gasteiger partial charge in [-0.2, -0.15) is 5.26 Å². The van der Waals surface area contributed by atoms with Crippen LogP contribution >= 0.6 is 61.1 Å². The molecule has 0 unspecified atom stereocenters. The lowest BCUT2D eigenvalue weighted by molar-refractivity contribution is 0.619. The number of hydrogen-bond acceptors (Lipinski definition) is 1. The van der Waals surface area contributed by atoms with Crippen molar-refractivity contribution in [3.63, 3.8) is 0 Å². The van der Waals surface area contributed by atoms with Gasteiger partial charge in [-0.1, -0.05) is 28.1 Å². The van der Waals surface area contributed by atoms with E-state index in [4.69, 9.17) is 5.26 Å². The molecule has 2 aromatic rings. The van der Waals surface area contributed by atoms with Crippen molar-refractivity contribution in [2.45, 2.75) is 11.8 Å². The van der Waals surface area contributed by atoms with Crippen LogP contribution in [0.1, 0.15) is 11.1 Å². The number of hydrogen-bond donors (Lipinski definition) is 0. The predicted octanol–water partition coefficient (Wildman–Crippen LogP) is 5.82. The van der Waals surface area contributed by atoms with Gasteiger partial charge in [-0.25, -0.2) is 8.78 Å². The predicted molar refractivity (Wildman–Crippen MR) is 100 cm³/mol. The molecule has 0 aromatic heterocycles. The van der Waals surface area contributed by atoms with E-state index in [0.717, 1.165) is 16.5 Å². The molecular weight excluding hydrogens is 566 g/mol. The quantitative estimate of drug-likeness (QED) is 0.327. The minimum absolute atomic E-state index is 0.148. The van der Waals surface area contributed by atoms with Crippen molar-refractivity contribution in [2.75, 3.05) is 0 Å². The molecule has 0 bridgehead atoms. The van der Waals surface area contributed by atoms with Gasteiger partial charge in [0, 0.05) is 12.5 Å². The molecule has 0 heterocycles. The third-order valence-corrected chi connectivity index (χ3v) is 4.71. The van der Waals surface area contributed by atoms with E-state index in [-0.39, 0.29) is 11.6 Å². The lowest BCUT2D eigenvalue weighted by Crippen LogP contribution is -1.86. The molecule has 6 heteroatoms. The first-order chi connectivity index (χ1) is 9.97. The molecule has 0 aliphatic carbocycles. The minimum Gasteiger partial charge on any atom is -0.206 e. The Hall–Kier alpha value is -0.270. The van der Waals surface area contributed by atoms with Crippen molar-refractivity contribution in [1.29, 1.82) is 5.26 Å². The Morgan fingerprint density at radius 1 is 0.952 bits per heavy atom. The summed E-state index contributed by atoms with van der Waals surface area (Å²) in [5.74, 6) is -0.377. The van der Waals surface area contributed by atoms with Gasteiger partial charge in [0.2, 0.25) is 0 Å². The maximum atomic E-state index is 12.6. The zero-order valence-corrected chi connectivity index (χ0v) is 16.6. The van der Waals surface area contributed by atoms with Crippen LogP contribution in [-0.4, -0.2) is 0 Å². The summed E-state index contributed by atoms with van der Waals surface area (Å²) in [4.78, 5) is 0. The van der Waals surface area contributed by atoms with Gasteiger partial charge < -0.3 is 0 Å². The Balaban J connectivity index is 0.000000211. The Kier molecular flexibility index (Phi) is 8.66. The molecule has 0 saturated carbocycles. The van der Waals surface area contributed by atoms with E-state index in [1.165, 1.54) is 12.1 Å². The highest BCUT2D eigenvalue weighted by molar-refractivity contribution is 14.1. The van der Waals surface area contributed by atoms with Crippen molar-refractivity contribution in [3.05, 3.63) is 66.3 Å². The lowest BCUT2D eigenvalue weighted by atomic mass is 10.2. The van der Waals surface area contributed by atoms with Crippen LogP contribution in [0.2, 0.25) is 0 Å². The van der Waals surface area contributed by atoms with E-state index in [2.05, 4.69) is 15.9 Å². The second-order valence-corrected chi connectivity index (χ2v) is 6.85. The fourth-order valence-electron chi connectivity index (χ4n) is 1.36. The Bertz CT molecular complexity index is 657. The second kappa shape index (κ2) is 9.69. The summed E-state index contributed by atoms with van der Waals surface area (Å²) in [7, 11) is 0. The maximum Gasteiger partial charge on any atom is 0.136 e. The fourth-order valence-corrected chi connectivity index (χ4v) is 2.87.